The molecule has 2 fully saturated rings. The van der Waals surface area contributed by atoms with Crippen molar-refractivity contribution in [2.45, 2.75) is 50.2 Å². The quantitative estimate of drug-likeness (QED) is 0.268. The Morgan fingerprint density at radius 3 is 2.54 bits per heavy atom. The van der Waals surface area contributed by atoms with Crippen LogP contribution in [-0.2, 0) is 6.54 Å². The molecule has 6 nitrogen and oxygen atoms in total. The van der Waals surface area contributed by atoms with Crippen LogP contribution in [0.4, 0.5) is 14.6 Å². The third kappa shape index (κ3) is 5.82. The number of likely N-dealkylation sites (tertiary alicyclic amines) is 1. The minimum absolute atomic E-state index is 0.0582. The zero-order valence-corrected chi connectivity index (χ0v) is 23.7. The van der Waals surface area contributed by atoms with E-state index in [-0.39, 0.29) is 33.3 Å². The highest BCUT2D eigenvalue weighted by Crippen LogP contribution is 2.39. The predicted molar refractivity (Wildman–Crippen MR) is 151 cm³/mol. The molecule has 6 atom stereocenters. The van der Waals surface area contributed by atoms with Gasteiger partial charge in [0.1, 0.15) is 5.82 Å². The second kappa shape index (κ2) is 11.7. The molecule has 200 valence electrons. The standard InChI is InChI=1S/C27H36F2N4O2P2/c1-4-5-11-32-15-21(22(12-23(32)34)30-25-17-9-10-18(25)14-31(3)13-17)26(35)33(29)16(2)19-7-6-8-20(24(19)28)27(36)37/h4,6-8,12,15-18,25,27,30H,1,5,9-11,13-14,36-37H2,2-3H3/t16-,17-,18+,25+/m1/s1. The fourth-order valence-electron chi connectivity index (χ4n) is 5.70. The lowest BCUT2D eigenvalue weighted by molar-refractivity contribution is -0.00377. The average Bonchev–Trinajstić information content (AvgIpc) is 3.09. The summed E-state index contributed by atoms with van der Waals surface area (Å²) in [5.41, 5.74) is 0.605. The molecule has 2 aliphatic rings. The fraction of sp³-hybridized carbons (Fsp3) is 0.481. The van der Waals surface area contributed by atoms with Crippen molar-refractivity contribution in [3.63, 3.8) is 0 Å². The third-order valence-electron chi connectivity index (χ3n) is 7.67. The molecule has 1 saturated heterocycles. The fourth-order valence-corrected chi connectivity index (χ4v) is 6.22. The zero-order chi connectivity index (χ0) is 26.9. The molecule has 2 aromatic rings. The van der Waals surface area contributed by atoms with Gasteiger partial charge in [0.05, 0.1) is 17.3 Å². The number of pyridine rings is 1. The van der Waals surface area contributed by atoms with Gasteiger partial charge in [-0.3, -0.25) is 9.59 Å². The van der Waals surface area contributed by atoms with E-state index in [1.54, 1.807) is 18.2 Å². The maximum Gasteiger partial charge on any atom is 0.285 e. The number of amides is 1. The summed E-state index contributed by atoms with van der Waals surface area (Å²) < 4.78 is 32.3. The number of hydrogen-bond acceptors (Lipinski definition) is 4. The van der Waals surface area contributed by atoms with Crippen molar-refractivity contribution in [2.24, 2.45) is 11.8 Å². The van der Waals surface area contributed by atoms with Crippen molar-refractivity contribution in [1.82, 2.24) is 14.6 Å². The summed E-state index contributed by atoms with van der Waals surface area (Å²) in [6.45, 7) is 7.34. The highest BCUT2D eigenvalue weighted by Gasteiger charge is 2.41. The SMILES string of the molecule is C=CCCn1cc(C(=O)N(F)[C@H](C)c2cccc(C(P)P)c2F)c(N[C@H]2[C@@H]3CC[C@H]2CN(C)C3)cc1=O. The normalized spacial score (nSPS) is 22.2. The number of fused-ring (bicyclic) bond motifs is 2. The summed E-state index contributed by atoms with van der Waals surface area (Å²) in [7, 11) is 7.09. The van der Waals surface area contributed by atoms with E-state index < -0.39 is 17.8 Å². The van der Waals surface area contributed by atoms with E-state index in [0.29, 0.717) is 36.1 Å². The van der Waals surface area contributed by atoms with Gasteiger partial charge in [0.25, 0.3) is 11.5 Å². The van der Waals surface area contributed by atoms with Crippen molar-refractivity contribution < 1.29 is 13.7 Å². The summed E-state index contributed by atoms with van der Waals surface area (Å²) in [5, 5.41) is 3.27. The van der Waals surface area contributed by atoms with Crippen LogP contribution in [0.15, 0.2) is 47.9 Å². The number of piperidine rings is 1. The number of allylic oxidation sites excluding steroid dienone is 1. The van der Waals surface area contributed by atoms with Crippen molar-refractivity contribution in [1.29, 1.82) is 0 Å². The van der Waals surface area contributed by atoms with E-state index in [2.05, 4.69) is 42.3 Å². The molecule has 2 unspecified atom stereocenters. The number of hydrogen-bond donors (Lipinski definition) is 1. The molecule has 1 amide bonds. The number of carbonyl (C=O) groups excluding carboxylic acids is 1. The number of nitrogens with one attached hydrogen (secondary N) is 1. The first kappa shape index (κ1) is 27.9. The van der Waals surface area contributed by atoms with Gasteiger partial charge in [0.15, 0.2) is 0 Å². The molecule has 0 radical (unpaired) electrons. The van der Waals surface area contributed by atoms with Crippen LogP contribution in [0.2, 0.25) is 0 Å². The Labute approximate surface area is 221 Å². The van der Waals surface area contributed by atoms with Crippen molar-refractivity contribution in [2.75, 3.05) is 25.5 Å². The van der Waals surface area contributed by atoms with Crippen LogP contribution in [0.1, 0.15) is 59.1 Å². The Balaban J connectivity index is 1.68. The van der Waals surface area contributed by atoms with Crippen molar-refractivity contribution in [3.05, 3.63) is 76.0 Å². The Morgan fingerprint density at radius 2 is 1.92 bits per heavy atom. The maximum absolute atomic E-state index is 15.7. The first-order valence-corrected chi connectivity index (χ1v) is 14.0. The Kier molecular flexibility index (Phi) is 8.83. The lowest BCUT2D eigenvalue weighted by Crippen LogP contribution is -2.46. The lowest BCUT2D eigenvalue weighted by Gasteiger charge is -2.37. The summed E-state index contributed by atoms with van der Waals surface area (Å²) >= 11 is 0. The Morgan fingerprint density at radius 1 is 1.27 bits per heavy atom. The van der Waals surface area contributed by atoms with Crippen LogP contribution in [-0.4, -0.2) is 46.7 Å². The van der Waals surface area contributed by atoms with Crippen LogP contribution >= 0.6 is 18.5 Å². The molecule has 4 rings (SSSR count). The second-order valence-corrected chi connectivity index (χ2v) is 12.5. The van der Waals surface area contributed by atoms with Crippen LogP contribution in [0, 0.1) is 17.7 Å². The molecule has 37 heavy (non-hydrogen) atoms. The van der Waals surface area contributed by atoms with Gasteiger partial charge in [0.2, 0.25) is 0 Å². The molecule has 1 aromatic carbocycles. The number of anilines is 1. The Hall–Kier alpha value is -2.14. The number of carbonyl (C=O) groups is 1. The van der Waals surface area contributed by atoms with Gasteiger partial charge >= 0.3 is 0 Å². The number of rotatable bonds is 9. The molecule has 1 saturated carbocycles. The summed E-state index contributed by atoms with van der Waals surface area (Å²) in [5.74, 6) is -0.684. The number of nitrogens with zero attached hydrogens (tertiary/aromatic N) is 3. The molecule has 2 bridgehead atoms. The molecule has 1 aliphatic carbocycles. The topological polar surface area (TPSA) is 57.6 Å². The van der Waals surface area contributed by atoms with Gasteiger partial charge in [-0.15, -0.1) is 25.1 Å². The van der Waals surface area contributed by atoms with Crippen molar-refractivity contribution in [3.8, 4) is 0 Å². The van der Waals surface area contributed by atoms with Crippen LogP contribution in [0.5, 0.6) is 0 Å². The number of aromatic nitrogens is 1. The number of halogens is 2. The second-order valence-electron chi connectivity index (χ2n) is 10.3. The van der Waals surface area contributed by atoms with Crippen LogP contribution < -0.4 is 10.9 Å². The molecular formula is C27H36F2N4O2P2. The molecule has 2 heterocycles. The smallest absolute Gasteiger partial charge is 0.285 e. The maximum atomic E-state index is 15.7. The van der Waals surface area contributed by atoms with Crippen LogP contribution in [0.3, 0.4) is 0 Å². The molecular weight excluding hydrogens is 512 g/mol. The van der Waals surface area contributed by atoms with E-state index in [0.717, 1.165) is 25.9 Å². The van der Waals surface area contributed by atoms with Gasteiger partial charge in [-0.1, -0.05) is 28.8 Å². The largest absolute Gasteiger partial charge is 0.381 e. The van der Waals surface area contributed by atoms with E-state index >= 15 is 8.87 Å². The highest BCUT2D eigenvalue weighted by atomic mass is 31.1. The number of aryl methyl sites for hydroxylation is 1. The summed E-state index contributed by atoms with van der Waals surface area (Å²) in [6, 6.07) is 5.10. The van der Waals surface area contributed by atoms with E-state index in [1.807, 2.05) is 0 Å². The van der Waals surface area contributed by atoms with Gasteiger partial charge in [0, 0.05) is 48.9 Å². The first-order chi connectivity index (χ1) is 17.6. The minimum Gasteiger partial charge on any atom is -0.381 e. The molecule has 10 heteroatoms. The van der Waals surface area contributed by atoms with Crippen LogP contribution in [0.25, 0.3) is 0 Å². The molecule has 0 spiro atoms. The van der Waals surface area contributed by atoms with Gasteiger partial charge in [-0.25, -0.2) is 4.39 Å². The lowest BCUT2D eigenvalue weighted by atomic mass is 9.92. The predicted octanol–water partition coefficient (Wildman–Crippen LogP) is 5.15. The zero-order valence-electron chi connectivity index (χ0n) is 21.4. The van der Waals surface area contributed by atoms with Gasteiger partial charge in [-0.05, 0) is 50.6 Å². The van der Waals surface area contributed by atoms with Gasteiger partial charge in [-0.2, -0.15) is 5.12 Å². The average molecular weight is 549 g/mol. The van der Waals surface area contributed by atoms with Crippen molar-refractivity contribution >= 4 is 30.1 Å². The van der Waals surface area contributed by atoms with E-state index in [1.165, 1.54) is 29.8 Å². The van der Waals surface area contributed by atoms with E-state index in [4.69, 9.17) is 0 Å². The summed E-state index contributed by atoms with van der Waals surface area (Å²) in [4.78, 5) is 28.7. The minimum atomic E-state index is -1.16. The molecule has 1 aliphatic heterocycles. The first-order valence-electron chi connectivity index (χ1n) is 12.7. The van der Waals surface area contributed by atoms with Gasteiger partial charge < -0.3 is 14.8 Å². The number of benzene rings is 1. The summed E-state index contributed by atoms with van der Waals surface area (Å²) in [6.07, 6.45) is 5.77. The monoisotopic (exact) mass is 548 g/mol. The Bertz CT molecular complexity index is 1210. The third-order valence-corrected chi connectivity index (χ3v) is 8.39. The highest BCUT2D eigenvalue weighted by molar-refractivity contribution is 7.37. The molecule has 1 aromatic heterocycles. The molecule has 1 N–H and O–H groups in total. The van der Waals surface area contributed by atoms with E-state index in [9.17, 15) is 9.59 Å².